The predicted molar refractivity (Wildman–Crippen MR) is 76.5 cm³/mol. The maximum atomic E-state index is 11.9. The molecule has 0 aromatic rings. The summed E-state index contributed by atoms with van der Waals surface area (Å²) in [5, 5.41) is 8.51. The maximum Gasteiger partial charge on any atom is 0.223 e. The summed E-state index contributed by atoms with van der Waals surface area (Å²) >= 11 is 0. The Bertz CT molecular complexity index is 340. The number of rotatable bonds is 5. The average Bonchev–Trinajstić information content (AvgIpc) is 2.81. The van der Waals surface area contributed by atoms with Gasteiger partial charge in [-0.1, -0.05) is 20.8 Å². The van der Waals surface area contributed by atoms with E-state index in [0.717, 1.165) is 25.6 Å². The summed E-state index contributed by atoms with van der Waals surface area (Å²) in [6, 6.07) is 2.07. The minimum absolute atomic E-state index is 0.148. The first-order chi connectivity index (χ1) is 8.84. The van der Waals surface area contributed by atoms with Gasteiger partial charge in [-0.3, -0.25) is 4.79 Å². The molecule has 1 rings (SSSR count). The molecule has 19 heavy (non-hydrogen) atoms. The number of amides is 1. The summed E-state index contributed by atoms with van der Waals surface area (Å²) < 4.78 is 0. The summed E-state index contributed by atoms with van der Waals surface area (Å²) in [6.45, 7) is 10.5. The van der Waals surface area contributed by atoms with Crippen molar-refractivity contribution in [3.8, 4) is 6.07 Å². The van der Waals surface area contributed by atoms with Crippen LogP contribution in [0.1, 0.15) is 40.0 Å². The summed E-state index contributed by atoms with van der Waals surface area (Å²) in [5.41, 5.74) is 0.363. The monoisotopic (exact) mass is 265 g/mol. The summed E-state index contributed by atoms with van der Waals surface area (Å²) in [7, 11) is 1.78. The van der Waals surface area contributed by atoms with Crippen molar-refractivity contribution in [1.29, 1.82) is 5.26 Å². The quantitative estimate of drug-likeness (QED) is 0.765. The zero-order chi connectivity index (χ0) is 14.5. The lowest BCUT2D eigenvalue weighted by atomic mass is 9.80. The van der Waals surface area contributed by atoms with Crippen molar-refractivity contribution in [1.82, 2.24) is 9.80 Å². The van der Waals surface area contributed by atoms with E-state index in [4.69, 9.17) is 5.26 Å². The highest BCUT2D eigenvalue weighted by molar-refractivity contribution is 5.76. The molecule has 0 N–H and O–H groups in total. The smallest absolute Gasteiger partial charge is 0.223 e. The molecule has 0 spiro atoms. The van der Waals surface area contributed by atoms with Gasteiger partial charge in [-0.2, -0.15) is 5.26 Å². The van der Waals surface area contributed by atoms with Gasteiger partial charge >= 0.3 is 0 Å². The first kappa shape index (κ1) is 16.0. The van der Waals surface area contributed by atoms with Gasteiger partial charge in [0.1, 0.15) is 0 Å². The molecular formula is C15H27N3O. The van der Waals surface area contributed by atoms with E-state index in [9.17, 15) is 4.79 Å². The molecule has 108 valence electrons. The van der Waals surface area contributed by atoms with Crippen LogP contribution in [0.25, 0.3) is 0 Å². The zero-order valence-corrected chi connectivity index (χ0v) is 12.8. The molecule has 1 aliphatic heterocycles. The lowest BCUT2D eigenvalue weighted by Crippen LogP contribution is -2.32. The molecule has 4 heteroatoms. The summed E-state index contributed by atoms with van der Waals surface area (Å²) in [4.78, 5) is 15.9. The topological polar surface area (TPSA) is 47.3 Å². The van der Waals surface area contributed by atoms with Crippen molar-refractivity contribution < 1.29 is 4.79 Å². The highest BCUT2D eigenvalue weighted by Gasteiger charge is 2.31. The van der Waals surface area contributed by atoms with Crippen LogP contribution in [0, 0.1) is 22.7 Å². The van der Waals surface area contributed by atoms with Crippen LogP contribution in [-0.2, 0) is 4.79 Å². The molecule has 1 saturated heterocycles. The van der Waals surface area contributed by atoms with Gasteiger partial charge in [-0.25, -0.2) is 0 Å². The zero-order valence-electron chi connectivity index (χ0n) is 12.8. The molecule has 4 nitrogen and oxygen atoms in total. The third-order valence-corrected chi connectivity index (χ3v) is 4.12. The molecule has 0 bridgehead atoms. The minimum Gasteiger partial charge on any atom is -0.345 e. The Labute approximate surface area is 117 Å². The second-order valence-corrected chi connectivity index (χ2v) is 6.63. The highest BCUT2D eigenvalue weighted by atomic mass is 16.2. The number of hydrogen-bond donors (Lipinski definition) is 0. The van der Waals surface area contributed by atoms with Crippen LogP contribution < -0.4 is 0 Å². The maximum absolute atomic E-state index is 11.9. The van der Waals surface area contributed by atoms with Crippen LogP contribution in [0.15, 0.2) is 0 Å². The van der Waals surface area contributed by atoms with E-state index in [-0.39, 0.29) is 5.91 Å². The van der Waals surface area contributed by atoms with Gasteiger partial charge in [0.15, 0.2) is 0 Å². The number of nitrogens with zero attached hydrogens (tertiary/aromatic N) is 3. The molecule has 0 aromatic heterocycles. The van der Waals surface area contributed by atoms with Gasteiger partial charge in [0.05, 0.1) is 12.5 Å². The van der Waals surface area contributed by atoms with Gasteiger partial charge < -0.3 is 9.80 Å². The Kier molecular flexibility index (Phi) is 5.81. The Morgan fingerprint density at radius 3 is 2.68 bits per heavy atom. The summed E-state index contributed by atoms with van der Waals surface area (Å²) in [6.07, 6.45) is 2.22. The third kappa shape index (κ3) is 5.20. The average molecular weight is 265 g/mol. The van der Waals surface area contributed by atoms with Crippen molar-refractivity contribution in [3.63, 3.8) is 0 Å². The Balaban J connectivity index is 2.27. The van der Waals surface area contributed by atoms with Crippen molar-refractivity contribution >= 4 is 5.91 Å². The van der Waals surface area contributed by atoms with E-state index >= 15 is 0 Å². The van der Waals surface area contributed by atoms with Gasteiger partial charge in [0.25, 0.3) is 0 Å². The highest BCUT2D eigenvalue weighted by Crippen LogP contribution is 2.33. The molecule has 1 atom stereocenters. The predicted octanol–water partition coefficient (Wildman–Crippen LogP) is 2.12. The molecule has 1 unspecified atom stereocenters. The van der Waals surface area contributed by atoms with E-state index in [1.807, 2.05) is 0 Å². The van der Waals surface area contributed by atoms with Crippen molar-refractivity contribution in [2.75, 3.05) is 33.2 Å². The van der Waals surface area contributed by atoms with Crippen LogP contribution in [0.5, 0.6) is 0 Å². The fourth-order valence-corrected chi connectivity index (χ4v) is 2.53. The fourth-order valence-electron chi connectivity index (χ4n) is 2.53. The standard InChI is InChI=1S/C15H27N3O/c1-15(2,3)13-6-10-18(12-13)11-7-14(19)17(4)9-5-8-16/h13H,5-7,9-12H2,1-4H3. The van der Waals surface area contributed by atoms with E-state index < -0.39 is 0 Å². The van der Waals surface area contributed by atoms with E-state index in [1.54, 1.807) is 11.9 Å². The van der Waals surface area contributed by atoms with Crippen molar-refractivity contribution in [3.05, 3.63) is 0 Å². The van der Waals surface area contributed by atoms with Crippen LogP contribution >= 0.6 is 0 Å². The number of carbonyl (C=O) groups is 1. The number of carbonyl (C=O) groups excluding carboxylic acids is 1. The first-order valence-corrected chi connectivity index (χ1v) is 7.18. The second-order valence-electron chi connectivity index (χ2n) is 6.63. The minimum atomic E-state index is 0.148. The largest absolute Gasteiger partial charge is 0.345 e. The molecule has 1 amide bonds. The summed E-state index contributed by atoms with van der Waals surface area (Å²) in [5.74, 6) is 0.883. The van der Waals surface area contributed by atoms with Crippen LogP contribution in [-0.4, -0.2) is 48.9 Å². The lowest BCUT2D eigenvalue weighted by molar-refractivity contribution is -0.130. The molecule has 0 saturated carbocycles. The van der Waals surface area contributed by atoms with Gasteiger partial charge in [-0.05, 0) is 24.3 Å². The molecule has 1 aliphatic rings. The SMILES string of the molecule is CN(CCC#N)C(=O)CCN1CCC(C(C)(C)C)C1. The Morgan fingerprint density at radius 2 is 2.16 bits per heavy atom. The van der Waals surface area contributed by atoms with Crippen molar-refractivity contribution in [2.24, 2.45) is 11.3 Å². The lowest BCUT2D eigenvalue weighted by Gasteiger charge is -2.27. The molecule has 1 heterocycles. The van der Waals surface area contributed by atoms with Crippen molar-refractivity contribution in [2.45, 2.75) is 40.0 Å². The van der Waals surface area contributed by atoms with Crippen LogP contribution in [0.4, 0.5) is 0 Å². The first-order valence-electron chi connectivity index (χ1n) is 7.18. The molecule has 0 aromatic carbocycles. The van der Waals surface area contributed by atoms with Gasteiger partial charge in [-0.15, -0.1) is 0 Å². The molecule has 0 radical (unpaired) electrons. The second kappa shape index (κ2) is 6.91. The number of nitriles is 1. The fraction of sp³-hybridized carbons (Fsp3) is 0.867. The Hall–Kier alpha value is -1.08. The molecular weight excluding hydrogens is 238 g/mol. The van der Waals surface area contributed by atoms with E-state index in [1.165, 1.54) is 6.42 Å². The van der Waals surface area contributed by atoms with Crippen LogP contribution in [0.2, 0.25) is 0 Å². The molecule has 0 aliphatic carbocycles. The third-order valence-electron chi connectivity index (χ3n) is 4.12. The number of hydrogen-bond acceptors (Lipinski definition) is 3. The van der Waals surface area contributed by atoms with E-state index in [0.29, 0.717) is 24.8 Å². The molecule has 1 fully saturated rings. The Morgan fingerprint density at radius 1 is 1.47 bits per heavy atom. The normalized spacial score (nSPS) is 20.3. The van der Waals surface area contributed by atoms with E-state index in [2.05, 4.69) is 31.7 Å². The van der Waals surface area contributed by atoms with Gasteiger partial charge in [0.2, 0.25) is 5.91 Å². The van der Waals surface area contributed by atoms with Crippen LogP contribution in [0.3, 0.4) is 0 Å². The number of likely N-dealkylation sites (tertiary alicyclic amines) is 1. The van der Waals surface area contributed by atoms with Gasteiger partial charge in [0, 0.05) is 33.1 Å².